The third kappa shape index (κ3) is 1.66. The largest absolute Gasteiger partial charge is 0.322 e. The third-order valence-corrected chi connectivity index (χ3v) is 3.43. The molecular formula is C10H14N2OS. The quantitative estimate of drug-likeness (QED) is 0.760. The number of hydrogen-bond acceptors (Lipinski definition) is 2. The lowest BCUT2D eigenvalue weighted by Crippen LogP contribution is -2.25. The molecule has 1 fully saturated rings. The van der Waals surface area contributed by atoms with Crippen molar-refractivity contribution in [1.29, 1.82) is 0 Å². The summed E-state index contributed by atoms with van der Waals surface area (Å²) in [7, 11) is 0. The van der Waals surface area contributed by atoms with Crippen LogP contribution in [0.3, 0.4) is 0 Å². The van der Waals surface area contributed by atoms with Gasteiger partial charge < -0.3 is 4.57 Å². The van der Waals surface area contributed by atoms with E-state index in [0.717, 1.165) is 5.92 Å². The fourth-order valence-corrected chi connectivity index (χ4v) is 2.23. The molecule has 1 heterocycles. The SMILES string of the molecule is CC(C1CCC1)n1ccc(=O)[nH]c1=S. The first kappa shape index (κ1) is 9.65. The van der Waals surface area contributed by atoms with E-state index in [1.54, 1.807) is 6.20 Å². The van der Waals surface area contributed by atoms with E-state index in [4.69, 9.17) is 12.2 Å². The Morgan fingerprint density at radius 1 is 1.64 bits per heavy atom. The molecule has 1 N–H and O–H groups in total. The molecule has 0 bridgehead atoms. The lowest BCUT2D eigenvalue weighted by atomic mass is 9.80. The number of nitrogens with one attached hydrogen (secondary N) is 1. The molecule has 76 valence electrons. The number of hydrogen-bond donors (Lipinski definition) is 1. The zero-order valence-electron chi connectivity index (χ0n) is 8.19. The molecule has 1 aliphatic carbocycles. The Kier molecular flexibility index (Phi) is 2.54. The van der Waals surface area contributed by atoms with Crippen LogP contribution in [0.1, 0.15) is 32.2 Å². The highest BCUT2D eigenvalue weighted by Gasteiger charge is 2.24. The summed E-state index contributed by atoms with van der Waals surface area (Å²) < 4.78 is 2.53. The van der Waals surface area contributed by atoms with Crippen LogP contribution in [-0.4, -0.2) is 9.55 Å². The van der Waals surface area contributed by atoms with Gasteiger partial charge in [0.15, 0.2) is 4.77 Å². The molecule has 0 amide bonds. The maximum atomic E-state index is 11.0. The summed E-state index contributed by atoms with van der Waals surface area (Å²) in [6.07, 6.45) is 5.68. The number of rotatable bonds is 2. The highest BCUT2D eigenvalue weighted by molar-refractivity contribution is 7.71. The Bertz CT molecular complexity index is 430. The van der Waals surface area contributed by atoms with Crippen molar-refractivity contribution < 1.29 is 0 Å². The van der Waals surface area contributed by atoms with Gasteiger partial charge in [0.05, 0.1) is 0 Å². The Labute approximate surface area is 87.8 Å². The van der Waals surface area contributed by atoms with Gasteiger partial charge in [-0.1, -0.05) is 6.42 Å². The lowest BCUT2D eigenvalue weighted by Gasteiger charge is -2.32. The van der Waals surface area contributed by atoms with Crippen molar-refractivity contribution in [2.75, 3.05) is 0 Å². The van der Waals surface area contributed by atoms with Gasteiger partial charge in [-0.2, -0.15) is 0 Å². The highest BCUT2D eigenvalue weighted by atomic mass is 32.1. The molecule has 1 atom stereocenters. The van der Waals surface area contributed by atoms with Crippen LogP contribution in [0.2, 0.25) is 0 Å². The Hall–Kier alpha value is -0.900. The molecule has 1 saturated carbocycles. The zero-order chi connectivity index (χ0) is 10.1. The number of aromatic nitrogens is 2. The first-order valence-electron chi connectivity index (χ1n) is 5.00. The number of aromatic amines is 1. The molecule has 0 saturated heterocycles. The fourth-order valence-electron chi connectivity index (χ4n) is 1.90. The molecule has 0 aliphatic heterocycles. The summed E-state index contributed by atoms with van der Waals surface area (Å²) in [6.45, 7) is 2.16. The number of nitrogens with zero attached hydrogens (tertiary/aromatic N) is 1. The third-order valence-electron chi connectivity index (χ3n) is 3.12. The lowest BCUT2D eigenvalue weighted by molar-refractivity contribution is 0.219. The molecule has 1 aliphatic rings. The van der Waals surface area contributed by atoms with Crippen molar-refractivity contribution in [2.45, 2.75) is 32.2 Å². The number of H-pyrrole nitrogens is 1. The van der Waals surface area contributed by atoms with Gasteiger partial charge in [-0.3, -0.25) is 9.78 Å². The van der Waals surface area contributed by atoms with Crippen LogP contribution in [0.15, 0.2) is 17.1 Å². The monoisotopic (exact) mass is 210 g/mol. The van der Waals surface area contributed by atoms with Crippen LogP contribution in [0.5, 0.6) is 0 Å². The molecule has 14 heavy (non-hydrogen) atoms. The second kappa shape index (κ2) is 3.69. The van der Waals surface area contributed by atoms with E-state index in [0.29, 0.717) is 10.8 Å². The van der Waals surface area contributed by atoms with Gasteiger partial charge >= 0.3 is 0 Å². The zero-order valence-corrected chi connectivity index (χ0v) is 9.01. The standard InChI is InChI=1S/C10H14N2OS/c1-7(8-3-2-4-8)12-6-5-9(13)11-10(12)14/h5-8H,2-4H2,1H3,(H,11,13,14). The minimum atomic E-state index is -0.118. The van der Waals surface area contributed by atoms with Crippen molar-refractivity contribution in [3.63, 3.8) is 0 Å². The first-order chi connectivity index (χ1) is 6.68. The highest BCUT2D eigenvalue weighted by Crippen LogP contribution is 2.35. The van der Waals surface area contributed by atoms with E-state index >= 15 is 0 Å². The van der Waals surface area contributed by atoms with Gasteiger partial charge in [-0.15, -0.1) is 0 Å². The van der Waals surface area contributed by atoms with E-state index in [2.05, 4.69) is 11.9 Å². The molecule has 4 heteroatoms. The Balaban J connectivity index is 2.31. The average molecular weight is 210 g/mol. The van der Waals surface area contributed by atoms with E-state index in [1.807, 2.05) is 4.57 Å². The van der Waals surface area contributed by atoms with Crippen molar-refractivity contribution in [1.82, 2.24) is 9.55 Å². The second-order valence-electron chi connectivity index (χ2n) is 3.95. The summed E-state index contributed by atoms with van der Waals surface area (Å²) in [4.78, 5) is 13.6. The van der Waals surface area contributed by atoms with Crippen molar-refractivity contribution >= 4 is 12.2 Å². The molecule has 0 radical (unpaired) electrons. The molecular weight excluding hydrogens is 196 g/mol. The molecule has 0 aromatic carbocycles. The minimum Gasteiger partial charge on any atom is -0.322 e. The summed E-state index contributed by atoms with van der Waals surface area (Å²) in [5.74, 6) is 0.729. The normalized spacial score (nSPS) is 18.9. The minimum absolute atomic E-state index is 0.118. The van der Waals surface area contributed by atoms with Gasteiger partial charge in [0, 0.05) is 18.3 Å². The predicted octanol–water partition coefficient (Wildman–Crippen LogP) is 2.27. The van der Waals surface area contributed by atoms with Crippen LogP contribution in [-0.2, 0) is 0 Å². The van der Waals surface area contributed by atoms with Gasteiger partial charge in [0.1, 0.15) is 0 Å². The van der Waals surface area contributed by atoms with Crippen molar-refractivity contribution in [3.05, 3.63) is 27.4 Å². The molecule has 3 nitrogen and oxygen atoms in total. The van der Waals surface area contributed by atoms with E-state index in [9.17, 15) is 4.79 Å². The van der Waals surface area contributed by atoms with E-state index in [1.165, 1.54) is 25.3 Å². The summed E-state index contributed by atoms with van der Waals surface area (Å²) >= 11 is 5.11. The Morgan fingerprint density at radius 2 is 2.36 bits per heavy atom. The fraction of sp³-hybridized carbons (Fsp3) is 0.600. The molecule has 1 aromatic heterocycles. The van der Waals surface area contributed by atoms with Gasteiger partial charge in [-0.05, 0) is 37.9 Å². The summed E-state index contributed by atoms with van der Waals surface area (Å²) in [6, 6.07) is 1.94. The first-order valence-corrected chi connectivity index (χ1v) is 5.41. The second-order valence-corrected chi connectivity index (χ2v) is 4.34. The van der Waals surface area contributed by atoms with Gasteiger partial charge in [0.2, 0.25) is 0 Å². The van der Waals surface area contributed by atoms with Crippen molar-refractivity contribution in [2.24, 2.45) is 5.92 Å². The van der Waals surface area contributed by atoms with Gasteiger partial charge in [-0.25, -0.2) is 0 Å². The Morgan fingerprint density at radius 3 is 2.86 bits per heavy atom. The van der Waals surface area contributed by atoms with Gasteiger partial charge in [0.25, 0.3) is 5.56 Å². The molecule has 1 aromatic rings. The predicted molar refractivity (Wildman–Crippen MR) is 57.9 cm³/mol. The summed E-state index contributed by atoms with van der Waals surface area (Å²) in [5, 5.41) is 0. The summed E-state index contributed by atoms with van der Waals surface area (Å²) in [5.41, 5.74) is -0.118. The molecule has 0 spiro atoms. The maximum Gasteiger partial charge on any atom is 0.251 e. The van der Waals surface area contributed by atoms with Crippen LogP contribution in [0, 0.1) is 10.7 Å². The van der Waals surface area contributed by atoms with E-state index < -0.39 is 0 Å². The molecule has 1 unspecified atom stereocenters. The van der Waals surface area contributed by atoms with E-state index in [-0.39, 0.29) is 5.56 Å². The van der Waals surface area contributed by atoms with Crippen LogP contribution in [0.25, 0.3) is 0 Å². The average Bonchev–Trinajstić information content (AvgIpc) is 2.00. The molecule has 2 rings (SSSR count). The van der Waals surface area contributed by atoms with Crippen LogP contribution < -0.4 is 5.56 Å². The topological polar surface area (TPSA) is 37.8 Å². The van der Waals surface area contributed by atoms with Crippen molar-refractivity contribution in [3.8, 4) is 0 Å². The maximum absolute atomic E-state index is 11.0. The van der Waals surface area contributed by atoms with Crippen LogP contribution in [0.4, 0.5) is 0 Å². The van der Waals surface area contributed by atoms with Crippen LogP contribution >= 0.6 is 12.2 Å². The smallest absolute Gasteiger partial charge is 0.251 e.